The van der Waals surface area contributed by atoms with Crippen molar-refractivity contribution >= 4 is 9.84 Å². The summed E-state index contributed by atoms with van der Waals surface area (Å²) in [5.74, 6) is 1.29. The Hall–Kier alpha value is -0.130. The van der Waals surface area contributed by atoms with Crippen LogP contribution in [0.2, 0.25) is 0 Å². The van der Waals surface area contributed by atoms with Crippen LogP contribution in [-0.2, 0) is 9.84 Å². The van der Waals surface area contributed by atoms with E-state index in [1.54, 1.807) is 6.92 Å². The van der Waals surface area contributed by atoms with Crippen molar-refractivity contribution in [3.8, 4) is 0 Å². The van der Waals surface area contributed by atoms with Gasteiger partial charge in [-0.15, -0.1) is 0 Å². The minimum atomic E-state index is -2.80. The lowest BCUT2D eigenvalue weighted by Crippen LogP contribution is -2.39. The summed E-state index contributed by atoms with van der Waals surface area (Å²) in [5, 5.41) is 3.51. The summed E-state index contributed by atoms with van der Waals surface area (Å²) in [6.07, 6.45) is 3.26. The van der Waals surface area contributed by atoms with Gasteiger partial charge in [-0.3, -0.25) is 4.90 Å². The molecule has 5 heteroatoms. The molecule has 1 atom stereocenters. The molecule has 0 saturated carbocycles. The van der Waals surface area contributed by atoms with E-state index in [9.17, 15) is 8.42 Å². The molecule has 1 aliphatic rings. The van der Waals surface area contributed by atoms with Crippen LogP contribution in [-0.4, -0.2) is 57.0 Å². The highest BCUT2D eigenvalue weighted by Crippen LogP contribution is 2.17. The number of hydrogen-bond acceptors (Lipinski definition) is 4. The monoisotopic (exact) mass is 290 g/mol. The fourth-order valence-electron chi connectivity index (χ4n) is 2.59. The molecular formula is C14H30N2O2S. The van der Waals surface area contributed by atoms with E-state index in [-0.39, 0.29) is 5.75 Å². The molecule has 0 aliphatic carbocycles. The minimum Gasteiger partial charge on any atom is -0.315 e. The van der Waals surface area contributed by atoms with Crippen LogP contribution in [0.5, 0.6) is 0 Å². The molecule has 1 rings (SSSR count). The van der Waals surface area contributed by atoms with Crippen LogP contribution in [0.15, 0.2) is 0 Å². The molecule has 1 saturated heterocycles. The second-order valence-corrected chi connectivity index (χ2v) is 8.45. The van der Waals surface area contributed by atoms with E-state index in [4.69, 9.17) is 0 Å². The maximum Gasteiger partial charge on any atom is 0.150 e. The summed E-state index contributed by atoms with van der Waals surface area (Å²) in [4.78, 5) is 2.46. The van der Waals surface area contributed by atoms with Gasteiger partial charge in [0.15, 0.2) is 0 Å². The molecule has 1 fully saturated rings. The van der Waals surface area contributed by atoms with E-state index in [2.05, 4.69) is 24.1 Å². The fraction of sp³-hybridized carbons (Fsp3) is 1.00. The normalized spacial score (nSPS) is 21.4. The highest BCUT2D eigenvalue weighted by atomic mass is 32.2. The quantitative estimate of drug-likeness (QED) is 0.699. The van der Waals surface area contributed by atoms with Crippen LogP contribution in [0.1, 0.15) is 40.0 Å². The Labute approximate surface area is 118 Å². The molecule has 0 aromatic rings. The van der Waals surface area contributed by atoms with Crippen molar-refractivity contribution in [2.45, 2.75) is 46.1 Å². The molecule has 19 heavy (non-hydrogen) atoms. The second kappa shape index (κ2) is 8.22. The standard InChI is InChI=1S/C14H30N2O2S/c1-4-19(17,18)10-6-9-16-8-5-7-14(16)12-15-11-13(2)3/h13-15H,4-12H2,1-3H3. The first-order valence-electron chi connectivity index (χ1n) is 7.59. The molecule has 114 valence electrons. The van der Waals surface area contributed by atoms with Gasteiger partial charge in [0.25, 0.3) is 0 Å². The highest BCUT2D eigenvalue weighted by molar-refractivity contribution is 7.91. The maximum absolute atomic E-state index is 11.5. The minimum absolute atomic E-state index is 0.270. The lowest BCUT2D eigenvalue weighted by molar-refractivity contribution is 0.246. The van der Waals surface area contributed by atoms with Crippen LogP contribution in [0.25, 0.3) is 0 Å². The van der Waals surface area contributed by atoms with Crippen molar-refractivity contribution in [3.05, 3.63) is 0 Å². The molecule has 0 radical (unpaired) electrons. The van der Waals surface area contributed by atoms with Gasteiger partial charge in [-0.1, -0.05) is 20.8 Å². The SMILES string of the molecule is CCS(=O)(=O)CCCN1CCCC1CNCC(C)C. The largest absolute Gasteiger partial charge is 0.315 e. The van der Waals surface area contributed by atoms with Gasteiger partial charge in [-0.05, 0) is 44.8 Å². The van der Waals surface area contributed by atoms with Gasteiger partial charge in [0.05, 0.1) is 5.75 Å². The summed E-state index contributed by atoms with van der Waals surface area (Å²) < 4.78 is 22.9. The summed E-state index contributed by atoms with van der Waals surface area (Å²) in [6.45, 7) is 10.3. The third-order valence-corrected chi connectivity index (χ3v) is 5.56. The Bertz CT molecular complexity index is 341. The van der Waals surface area contributed by atoms with E-state index >= 15 is 0 Å². The van der Waals surface area contributed by atoms with Gasteiger partial charge in [-0.2, -0.15) is 0 Å². The lowest BCUT2D eigenvalue weighted by Gasteiger charge is -2.25. The average molecular weight is 290 g/mol. The van der Waals surface area contributed by atoms with Crippen LogP contribution in [0, 0.1) is 5.92 Å². The molecule has 0 aromatic heterocycles. The number of sulfone groups is 1. The number of nitrogens with zero attached hydrogens (tertiary/aromatic N) is 1. The summed E-state index contributed by atoms with van der Waals surface area (Å²) in [7, 11) is -2.80. The van der Waals surface area contributed by atoms with Crippen LogP contribution >= 0.6 is 0 Å². The zero-order valence-corrected chi connectivity index (χ0v) is 13.5. The Morgan fingerprint density at radius 1 is 1.37 bits per heavy atom. The second-order valence-electron chi connectivity index (χ2n) is 5.97. The maximum atomic E-state index is 11.5. The Morgan fingerprint density at radius 3 is 2.74 bits per heavy atom. The molecule has 0 aromatic carbocycles. The Kier molecular flexibility index (Phi) is 7.32. The van der Waals surface area contributed by atoms with Crippen LogP contribution < -0.4 is 5.32 Å². The molecule has 1 heterocycles. The van der Waals surface area contributed by atoms with E-state index in [0.717, 1.165) is 32.6 Å². The third kappa shape index (κ3) is 6.72. The molecule has 0 bridgehead atoms. The molecular weight excluding hydrogens is 260 g/mol. The molecule has 1 unspecified atom stereocenters. The Balaban J connectivity index is 2.24. The van der Waals surface area contributed by atoms with Crippen molar-refractivity contribution in [2.24, 2.45) is 5.92 Å². The first kappa shape index (κ1) is 16.9. The van der Waals surface area contributed by atoms with E-state index < -0.39 is 9.84 Å². The van der Waals surface area contributed by atoms with Gasteiger partial charge in [-0.25, -0.2) is 8.42 Å². The summed E-state index contributed by atoms with van der Waals surface area (Å²) >= 11 is 0. The van der Waals surface area contributed by atoms with Crippen LogP contribution in [0.3, 0.4) is 0 Å². The molecule has 1 N–H and O–H groups in total. The molecule has 0 amide bonds. The first-order chi connectivity index (χ1) is 8.94. The van der Waals surface area contributed by atoms with Crippen molar-refractivity contribution in [1.82, 2.24) is 10.2 Å². The predicted octanol–water partition coefficient (Wildman–Crippen LogP) is 1.52. The summed E-state index contributed by atoms with van der Waals surface area (Å²) in [6, 6.07) is 0.600. The van der Waals surface area contributed by atoms with Gasteiger partial charge < -0.3 is 5.32 Å². The van der Waals surface area contributed by atoms with Crippen molar-refractivity contribution in [3.63, 3.8) is 0 Å². The molecule has 4 nitrogen and oxygen atoms in total. The third-order valence-electron chi connectivity index (χ3n) is 3.77. The van der Waals surface area contributed by atoms with E-state index in [0.29, 0.717) is 17.7 Å². The van der Waals surface area contributed by atoms with Gasteiger partial charge >= 0.3 is 0 Å². The van der Waals surface area contributed by atoms with E-state index in [1.165, 1.54) is 12.8 Å². The smallest absolute Gasteiger partial charge is 0.150 e. The van der Waals surface area contributed by atoms with Crippen LogP contribution in [0.4, 0.5) is 0 Å². The predicted molar refractivity (Wildman–Crippen MR) is 81.2 cm³/mol. The number of nitrogens with one attached hydrogen (secondary N) is 1. The van der Waals surface area contributed by atoms with Gasteiger partial charge in [0, 0.05) is 18.3 Å². The van der Waals surface area contributed by atoms with E-state index in [1.807, 2.05) is 0 Å². The average Bonchev–Trinajstić information content (AvgIpc) is 2.76. The number of rotatable bonds is 9. The molecule has 0 spiro atoms. The first-order valence-corrected chi connectivity index (χ1v) is 9.42. The van der Waals surface area contributed by atoms with Gasteiger partial charge in [0.1, 0.15) is 9.84 Å². The number of hydrogen-bond donors (Lipinski definition) is 1. The summed E-state index contributed by atoms with van der Waals surface area (Å²) in [5.41, 5.74) is 0. The number of likely N-dealkylation sites (tertiary alicyclic amines) is 1. The Morgan fingerprint density at radius 2 is 2.11 bits per heavy atom. The van der Waals surface area contributed by atoms with Crippen molar-refractivity contribution in [2.75, 3.05) is 37.7 Å². The molecule has 1 aliphatic heterocycles. The zero-order valence-electron chi connectivity index (χ0n) is 12.7. The lowest BCUT2D eigenvalue weighted by atomic mass is 10.2. The van der Waals surface area contributed by atoms with Crippen molar-refractivity contribution < 1.29 is 8.42 Å². The zero-order chi connectivity index (χ0) is 14.3. The van der Waals surface area contributed by atoms with Gasteiger partial charge in [0.2, 0.25) is 0 Å². The van der Waals surface area contributed by atoms with Crippen molar-refractivity contribution in [1.29, 1.82) is 0 Å². The highest BCUT2D eigenvalue weighted by Gasteiger charge is 2.23. The topological polar surface area (TPSA) is 49.4 Å². The fourth-order valence-corrected chi connectivity index (χ4v) is 3.45.